The zero-order valence-corrected chi connectivity index (χ0v) is 11.4. The quantitative estimate of drug-likeness (QED) is 0.882. The molecule has 3 rings (SSSR count). The first-order chi connectivity index (χ1) is 8.72. The molecule has 2 heterocycles. The zero-order chi connectivity index (χ0) is 12.5. The van der Waals surface area contributed by atoms with E-state index in [9.17, 15) is 0 Å². The van der Waals surface area contributed by atoms with Gasteiger partial charge in [-0.15, -0.1) is 0 Å². The number of pyridine rings is 1. The standard InChI is InChI=1S/C15H23N3/c1-11-4-3-5-14(17-11)9-18-10-15(13-6-7-13)16-8-12(18)2/h3-5,12-13,15-16H,6-10H2,1-2H3. The number of rotatable bonds is 3. The van der Waals surface area contributed by atoms with E-state index in [1.165, 1.54) is 25.1 Å². The monoisotopic (exact) mass is 245 g/mol. The third kappa shape index (κ3) is 2.73. The maximum atomic E-state index is 4.63. The molecule has 2 unspecified atom stereocenters. The van der Waals surface area contributed by atoms with Gasteiger partial charge in [-0.1, -0.05) is 6.07 Å². The SMILES string of the molecule is Cc1cccc(CN2CC(C3CC3)NCC2C)n1. The lowest BCUT2D eigenvalue weighted by Crippen LogP contribution is -2.55. The molecule has 1 aromatic heterocycles. The van der Waals surface area contributed by atoms with Crippen LogP contribution in [0.5, 0.6) is 0 Å². The second-order valence-electron chi connectivity index (χ2n) is 5.90. The second-order valence-corrected chi connectivity index (χ2v) is 5.90. The van der Waals surface area contributed by atoms with Gasteiger partial charge in [-0.2, -0.15) is 0 Å². The Morgan fingerprint density at radius 2 is 2.22 bits per heavy atom. The largest absolute Gasteiger partial charge is 0.311 e. The van der Waals surface area contributed by atoms with E-state index in [0.717, 1.165) is 24.7 Å². The summed E-state index contributed by atoms with van der Waals surface area (Å²) < 4.78 is 0. The number of aryl methyl sites for hydroxylation is 1. The number of nitrogens with zero attached hydrogens (tertiary/aromatic N) is 2. The molecule has 2 atom stereocenters. The molecule has 0 spiro atoms. The van der Waals surface area contributed by atoms with E-state index in [2.05, 4.69) is 47.2 Å². The lowest BCUT2D eigenvalue weighted by Gasteiger charge is -2.38. The van der Waals surface area contributed by atoms with Gasteiger partial charge in [0.2, 0.25) is 0 Å². The van der Waals surface area contributed by atoms with Crippen molar-refractivity contribution < 1.29 is 0 Å². The second kappa shape index (κ2) is 4.98. The number of hydrogen-bond donors (Lipinski definition) is 1. The number of piperazine rings is 1. The van der Waals surface area contributed by atoms with Gasteiger partial charge < -0.3 is 5.32 Å². The Morgan fingerprint density at radius 3 is 2.94 bits per heavy atom. The molecule has 2 aliphatic rings. The van der Waals surface area contributed by atoms with Crippen LogP contribution in [-0.2, 0) is 6.54 Å². The van der Waals surface area contributed by atoms with E-state index in [0.29, 0.717) is 12.1 Å². The van der Waals surface area contributed by atoms with Crippen molar-refractivity contribution in [2.24, 2.45) is 5.92 Å². The molecule has 0 aromatic carbocycles. The molecule has 2 fully saturated rings. The van der Waals surface area contributed by atoms with Gasteiger partial charge in [-0.3, -0.25) is 9.88 Å². The van der Waals surface area contributed by atoms with E-state index in [4.69, 9.17) is 0 Å². The minimum atomic E-state index is 0.613. The van der Waals surface area contributed by atoms with Gasteiger partial charge in [-0.05, 0) is 44.7 Å². The molecule has 3 heteroatoms. The summed E-state index contributed by atoms with van der Waals surface area (Å²) in [4.78, 5) is 7.21. The fraction of sp³-hybridized carbons (Fsp3) is 0.667. The fourth-order valence-electron chi connectivity index (χ4n) is 2.88. The molecule has 3 nitrogen and oxygen atoms in total. The molecular formula is C15H23N3. The summed E-state index contributed by atoms with van der Waals surface area (Å²) in [5, 5.41) is 3.70. The Bertz CT molecular complexity index is 414. The van der Waals surface area contributed by atoms with Gasteiger partial charge in [0.1, 0.15) is 0 Å². The summed E-state index contributed by atoms with van der Waals surface area (Å²) in [6.45, 7) is 7.67. The maximum Gasteiger partial charge on any atom is 0.0547 e. The molecule has 1 N–H and O–H groups in total. The minimum absolute atomic E-state index is 0.613. The van der Waals surface area contributed by atoms with Crippen molar-refractivity contribution >= 4 is 0 Å². The lowest BCUT2D eigenvalue weighted by molar-refractivity contribution is 0.124. The summed E-state index contributed by atoms with van der Waals surface area (Å²) in [7, 11) is 0. The van der Waals surface area contributed by atoms with Crippen LogP contribution in [0.2, 0.25) is 0 Å². The van der Waals surface area contributed by atoms with Gasteiger partial charge in [0.15, 0.2) is 0 Å². The van der Waals surface area contributed by atoms with Crippen molar-refractivity contribution in [3.63, 3.8) is 0 Å². The number of nitrogens with one attached hydrogen (secondary N) is 1. The maximum absolute atomic E-state index is 4.63. The molecule has 1 aliphatic carbocycles. The highest BCUT2D eigenvalue weighted by atomic mass is 15.2. The fourth-order valence-corrected chi connectivity index (χ4v) is 2.88. The Labute approximate surface area is 110 Å². The average Bonchev–Trinajstić information content (AvgIpc) is 3.16. The normalized spacial score (nSPS) is 29.4. The third-order valence-corrected chi connectivity index (χ3v) is 4.23. The summed E-state index contributed by atoms with van der Waals surface area (Å²) in [5.41, 5.74) is 2.33. The van der Waals surface area contributed by atoms with Crippen LogP contribution >= 0.6 is 0 Å². The predicted octanol–water partition coefficient (Wildman–Crippen LogP) is 1.96. The van der Waals surface area contributed by atoms with E-state index >= 15 is 0 Å². The molecular weight excluding hydrogens is 222 g/mol. The van der Waals surface area contributed by atoms with Crippen LogP contribution in [0, 0.1) is 12.8 Å². The van der Waals surface area contributed by atoms with Crippen molar-refractivity contribution in [3.05, 3.63) is 29.6 Å². The van der Waals surface area contributed by atoms with Crippen molar-refractivity contribution in [2.75, 3.05) is 13.1 Å². The van der Waals surface area contributed by atoms with Crippen LogP contribution in [0.4, 0.5) is 0 Å². The summed E-state index contributed by atoms with van der Waals surface area (Å²) in [6, 6.07) is 7.66. The van der Waals surface area contributed by atoms with E-state index < -0.39 is 0 Å². The molecule has 0 amide bonds. The Morgan fingerprint density at radius 1 is 1.39 bits per heavy atom. The van der Waals surface area contributed by atoms with Crippen LogP contribution in [0.15, 0.2) is 18.2 Å². The highest BCUT2D eigenvalue weighted by molar-refractivity contribution is 5.10. The minimum Gasteiger partial charge on any atom is -0.311 e. The van der Waals surface area contributed by atoms with E-state index in [1.54, 1.807) is 0 Å². The molecule has 0 bridgehead atoms. The molecule has 1 saturated carbocycles. The molecule has 18 heavy (non-hydrogen) atoms. The van der Waals surface area contributed by atoms with Crippen LogP contribution < -0.4 is 5.32 Å². The van der Waals surface area contributed by atoms with Gasteiger partial charge >= 0.3 is 0 Å². The topological polar surface area (TPSA) is 28.2 Å². The van der Waals surface area contributed by atoms with Crippen LogP contribution in [-0.4, -0.2) is 35.1 Å². The smallest absolute Gasteiger partial charge is 0.0547 e. The summed E-state index contributed by atoms with van der Waals surface area (Å²) in [6.07, 6.45) is 2.84. The Balaban J connectivity index is 1.66. The van der Waals surface area contributed by atoms with Crippen molar-refractivity contribution in [2.45, 2.75) is 45.3 Å². The van der Waals surface area contributed by atoms with Gasteiger partial charge in [0.25, 0.3) is 0 Å². The first kappa shape index (κ1) is 12.1. The van der Waals surface area contributed by atoms with Gasteiger partial charge in [0.05, 0.1) is 5.69 Å². The van der Waals surface area contributed by atoms with Crippen LogP contribution in [0.3, 0.4) is 0 Å². The highest BCUT2D eigenvalue weighted by Gasteiger charge is 2.35. The number of hydrogen-bond acceptors (Lipinski definition) is 3. The summed E-state index contributed by atoms with van der Waals surface area (Å²) >= 11 is 0. The lowest BCUT2D eigenvalue weighted by atomic mass is 10.1. The summed E-state index contributed by atoms with van der Waals surface area (Å²) in [5.74, 6) is 0.936. The molecule has 98 valence electrons. The third-order valence-electron chi connectivity index (χ3n) is 4.23. The van der Waals surface area contributed by atoms with Crippen LogP contribution in [0.1, 0.15) is 31.2 Å². The zero-order valence-electron chi connectivity index (χ0n) is 11.4. The predicted molar refractivity (Wildman–Crippen MR) is 73.4 cm³/mol. The average molecular weight is 245 g/mol. The van der Waals surface area contributed by atoms with Crippen LogP contribution in [0.25, 0.3) is 0 Å². The molecule has 1 saturated heterocycles. The van der Waals surface area contributed by atoms with Crippen molar-refractivity contribution in [1.82, 2.24) is 15.2 Å². The highest BCUT2D eigenvalue weighted by Crippen LogP contribution is 2.34. The molecule has 1 aliphatic heterocycles. The Kier molecular flexibility index (Phi) is 3.35. The van der Waals surface area contributed by atoms with Gasteiger partial charge in [0, 0.05) is 37.4 Å². The number of aromatic nitrogens is 1. The first-order valence-corrected chi connectivity index (χ1v) is 7.12. The van der Waals surface area contributed by atoms with Crippen molar-refractivity contribution in [1.29, 1.82) is 0 Å². The molecule has 0 radical (unpaired) electrons. The molecule has 1 aromatic rings. The van der Waals surface area contributed by atoms with Crippen molar-refractivity contribution in [3.8, 4) is 0 Å². The first-order valence-electron chi connectivity index (χ1n) is 7.12. The van der Waals surface area contributed by atoms with E-state index in [1.807, 2.05) is 0 Å². The van der Waals surface area contributed by atoms with E-state index in [-0.39, 0.29) is 0 Å². The Hall–Kier alpha value is -0.930. The van der Waals surface area contributed by atoms with Gasteiger partial charge in [-0.25, -0.2) is 0 Å².